The first-order valence-electron chi connectivity index (χ1n) is 5.46. The Labute approximate surface area is 107 Å². The molecule has 0 aliphatic rings. The Morgan fingerprint density at radius 1 is 1.42 bits per heavy atom. The van der Waals surface area contributed by atoms with Gasteiger partial charge in [-0.1, -0.05) is 12.1 Å². The van der Waals surface area contributed by atoms with Crippen LogP contribution in [0.15, 0.2) is 35.1 Å². The fraction of sp³-hybridized carbons (Fsp3) is 0.167. The Morgan fingerprint density at radius 2 is 2.16 bits per heavy atom. The summed E-state index contributed by atoms with van der Waals surface area (Å²) in [5, 5.41) is 23.8. The highest BCUT2D eigenvalue weighted by molar-refractivity contribution is 5.62. The van der Waals surface area contributed by atoms with E-state index in [0.717, 1.165) is 4.68 Å². The van der Waals surface area contributed by atoms with Crippen molar-refractivity contribution in [3.05, 3.63) is 56.4 Å². The summed E-state index contributed by atoms with van der Waals surface area (Å²) in [6, 6.07) is 7.37. The van der Waals surface area contributed by atoms with Gasteiger partial charge in [0.05, 0.1) is 17.2 Å². The fourth-order valence-electron chi connectivity index (χ4n) is 1.70. The van der Waals surface area contributed by atoms with E-state index in [9.17, 15) is 14.9 Å². The SMILES string of the molecule is Cn1nc(-c2cccc([N+](=O)[O-])c2)cc(CO)c1=O. The molecule has 0 amide bonds. The van der Waals surface area contributed by atoms with E-state index >= 15 is 0 Å². The highest BCUT2D eigenvalue weighted by Crippen LogP contribution is 2.21. The van der Waals surface area contributed by atoms with Gasteiger partial charge in [-0.05, 0) is 6.07 Å². The molecule has 98 valence electrons. The molecule has 0 atom stereocenters. The first-order chi connectivity index (χ1) is 9.02. The number of aliphatic hydroxyl groups excluding tert-OH is 1. The number of hydrogen-bond acceptors (Lipinski definition) is 5. The van der Waals surface area contributed by atoms with E-state index in [1.54, 1.807) is 12.1 Å². The largest absolute Gasteiger partial charge is 0.391 e. The zero-order valence-corrected chi connectivity index (χ0v) is 10.1. The van der Waals surface area contributed by atoms with Crippen LogP contribution in [0.3, 0.4) is 0 Å². The molecule has 1 heterocycles. The maximum absolute atomic E-state index is 11.6. The lowest BCUT2D eigenvalue weighted by Gasteiger charge is -2.05. The summed E-state index contributed by atoms with van der Waals surface area (Å²) in [4.78, 5) is 21.8. The van der Waals surface area contributed by atoms with Crippen LogP contribution < -0.4 is 5.56 Å². The number of aromatic nitrogens is 2. The van der Waals surface area contributed by atoms with Crippen molar-refractivity contribution in [1.82, 2.24) is 9.78 Å². The third-order valence-electron chi connectivity index (χ3n) is 2.66. The normalized spacial score (nSPS) is 10.4. The second kappa shape index (κ2) is 4.99. The number of non-ortho nitro benzene ring substituents is 1. The van der Waals surface area contributed by atoms with E-state index in [4.69, 9.17) is 5.11 Å². The third kappa shape index (κ3) is 2.50. The molecule has 0 radical (unpaired) electrons. The number of rotatable bonds is 3. The van der Waals surface area contributed by atoms with Crippen LogP contribution in [-0.4, -0.2) is 19.8 Å². The van der Waals surface area contributed by atoms with Crippen molar-refractivity contribution in [1.29, 1.82) is 0 Å². The van der Waals surface area contributed by atoms with Crippen LogP contribution in [0.25, 0.3) is 11.3 Å². The van der Waals surface area contributed by atoms with Gasteiger partial charge in [0.15, 0.2) is 0 Å². The highest BCUT2D eigenvalue weighted by Gasteiger charge is 2.11. The molecule has 0 saturated carbocycles. The molecule has 2 rings (SSSR count). The van der Waals surface area contributed by atoms with E-state index in [0.29, 0.717) is 11.3 Å². The predicted octanol–water partition coefficient (Wildman–Crippen LogP) is 0.848. The molecule has 7 heteroatoms. The minimum absolute atomic E-state index is 0.0568. The lowest BCUT2D eigenvalue weighted by atomic mass is 10.1. The molecule has 1 aromatic carbocycles. The smallest absolute Gasteiger partial charge is 0.272 e. The minimum Gasteiger partial charge on any atom is -0.391 e. The van der Waals surface area contributed by atoms with Gasteiger partial charge in [0, 0.05) is 30.3 Å². The Morgan fingerprint density at radius 3 is 2.79 bits per heavy atom. The van der Waals surface area contributed by atoms with Gasteiger partial charge in [0.25, 0.3) is 11.2 Å². The Bertz CT molecular complexity index is 694. The molecule has 19 heavy (non-hydrogen) atoms. The number of nitro benzene ring substituents is 1. The first-order valence-corrected chi connectivity index (χ1v) is 5.46. The van der Waals surface area contributed by atoms with Crippen LogP contribution in [0.4, 0.5) is 5.69 Å². The van der Waals surface area contributed by atoms with Crippen LogP contribution in [0.2, 0.25) is 0 Å². The van der Waals surface area contributed by atoms with Crippen molar-refractivity contribution in [2.24, 2.45) is 7.05 Å². The molecular weight excluding hydrogens is 250 g/mol. The zero-order valence-electron chi connectivity index (χ0n) is 10.1. The molecule has 0 aliphatic carbocycles. The van der Waals surface area contributed by atoms with E-state index in [2.05, 4.69) is 5.10 Å². The van der Waals surface area contributed by atoms with Gasteiger partial charge in [0.2, 0.25) is 0 Å². The molecule has 2 aromatic rings. The summed E-state index contributed by atoms with van der Waals surface area (Å²) in [6.07, 6.45) is 0. The Kier molecular flexibility index (Phi) is 3.39. The number of nitrogens with zero attached hydrogens (tertiary/aromatic N) is 3. The van der Waals surface area contributed by atoms with Gasteiger partial charge < -0.3 is 5.11 Å². The lowest BCUT2D eigenvalue weighted by Crippen LogP contribution is -2.23. The molecule has 0 bridgehead atoms. The zero-order chi connectivity index (χ0) is 14.0. The van der Waals surface area contributed by atoms with Crippen molar-refractivity contribution in [2.75, 3.05) is 0 Å². The van der Waals surface area contributed by atoms with Crippen LogP contribution in [-0.2, 0) is 13.7 Å². The number of aryl methyl sites for hydroxylation is 1. The second-order valence-corrected chi connectivity index (χ2v) is 3.95. The van der Waals surface area contributed by atoms with Crippen molar-refractivity contribution in [3.8, 4) is 11.3 Å². The molecule has 0 spiro atoms. The van der Waals surface area contributed by atoms with E-state index in [1.807, 2.05) is 0 Å². The Hall–Kier alpha value is -2.54. The summed E-state index contributed by atoms with van der Waals surface area (Å²) < 4.78 is 1.10. The molecular formula is C12H11N3O4. The third-order valence-corrected chi connectivity index (χ3v) is 2.66. The Balaban J connectivity index is 2.59. The van der Waals surface area contributed by atoms with Crippen LogP contribution in [0.1, 0.15) is 5.56 Å². The number of hydrogen-bond donors (Lipinski definition) is 1. The minimum atomic E-state index is -0.502. The van der Waals surface area contributed by atoms with Crippen LogP contribution in [0, 0.1) is 10.1 Å². The van der Waals surface area contributed by atoms with Gasteiger partial charge in [-0.15, -0.1) is 0 Å². The van der Waals surface area contributed by atoms with Crippen LogP contribution in [0.5, 0.6) is 0 Å². The quantitative estimate of drug-likeness (QED) is 0.652. The van der Waals surface area contributed by atoms with Crippen molar-refractivity contribution in [3.63, 3.8) is 0 Å². The van der Waals surface area contributed by atoms with Crippen molar-refractivity contribution < 1.29 is 10.0 Å². The molecule has 7 nitrogen and oxygen atoms in total. The standard InChI is InChI=1S/C12H11N3O4/c1-14-12(17)9(7-16)6-11(13-14)8-3-2-4-10(5-8)15(18)19/h2-6,16H,7H2,1H3. The van der Waals surface area contributed by atoms with E-state index < -0.39 is 17.1 Å². The molecule has 0 unspecified atom stereocenters. The van der Waals surface area contributed by atoms with Gasteiger partial charge in [-0.3, -0.25) is 14.9 Å². The molecule has 0 saturated heterocycles. The molecule has 0 aliphatic heterocycles. The summed E-state index contributed by atoms with van der Waals surface area (Å²) in [7, 11) is 1.46. The monoisotopic (exact) mass is 261 g/mol. The molecule has 1 aromatic heterocycles. The van der Waals surface area contributed by atoms with E-state index in [-0.39, 0.29) is 11.3 Å². The van der Waals surface area contributed by atoms with Gasteiger partial charge >= 0.3 is 0 Å². The summed E-state index contributed by atoms with van der Waals surface area (Å²) in [6.45, 7) is -0.406. The van der Waals surface area contributed by atoms with Crippen molar-refractivity contribution in [2.45, 2.75) is 6.61 Å². The molecule has 1 N–H and O–H groups in total. The van der Waals surface area contributed by atoms with Crippen LogP contribution >= 0.6 is 0 Å². The summed E-state index contributed by atoms with van der Waals surface area (Å²) >= 11 is 0. The number of benzene rings is 1. The number of aliphatic hydroxyl groups is 1. The average Bonchev–Trinajstić information content (AvgIpc) is 2.41. The fourth-order valence-corrected chi connectivity index (χ4v) is 1.70. The van der Waals surface area contributed by atoms with E-state index in [1.165, 1.54) is 25.2 Å². The van der Waals surface area contributed by atoms with Gasteiger partial charge in [0.1, 0.15) is 0 Å². The number of nitro groups is 1. The summed E-state index contributed by atoms with van der Waals surface area (Å²) in [5.41, 5.74) is 0.656. The van der Waals surface area contributed by atoms with Crippen molar-refractivity contribution >= 4 is 5.69 Å². The van der Waals surface area contributed by atoms with Gasteiger partial charge in [-0.25, -0.2) is 4.68 Å². The topological polar surface area (TPSA) is 98.3 Å². The second-order valence-electron chi connectivity index (χ2n) is 3.95. The first kappa shape index (κ1) is 12.9. The lowest BCUT2D eigenvalue weighted by molar-refractivity contribution is -0.384. The van der Waals surface area contributed by atoms with Gasteiger partial charge in [-0.2, -0.15) is 5.10 Å². The maximum Gasteiger partial charge on any atom is 0.272 e. The average molecular weight is 261 g/mol. The maximum atomic E-state index is 11.6. The summed E-state index contributed by atoms with van der Waals surface area (Å²) in [5.74, 6) is 0. The predicted molar refractivity (Wildman–Crippen MR) is 67.5 cm³/mol. The highest BCUT2D eigenvalue weighted by atomic mass is 16.6. The molecule has 0 fully saturated rings.